The monoisotopic (exact) mass is 297 g/mol. The molecule has 0 N–H and O–H groups in total. The summed E-state index contributed by atoms with van der Waals surface area (Å²) in [5.41, 5.74) is 4.73. The van der Waals surface area contributed by atoms with Gasteiger partial charge >= 0.3 is 0 Å². The van der Waals surface area contributed by atoms with Crippen molar-refractivity contribution in [3.63, 3.8) is 0 Å². The molecule has 1 fully saturated rings. The molecule has 1 saturated carbocycles. The Morgan fingerprint density at radius 2 is 1.90 bits per heavy atom. The third kappa shape index (κ3) is 2.13. The predicted molar refractivity (Wildman–Crippen MR) is 88.0 cm³/mol. The highest BCUT2D eigenvalue weighted by atomic mass is 32.1. The van der Waals surface area contributed by atoms with Crippen molar-refractivity contribution in [2.45, 2.75) is 51.9 Å². The van der Waals surface area contributed by atoms with E-state index >= 15 is 0 Å². The second kappa shape index (κ2) is 5.02. The maximum Gasteiger partial charge on any atom is 0.126 e. The van der Waals surface area contributed by atoms with Gasteiger partial charge in [-0.3, -0.25) is 0 Å². The summed E-state index contributed by atoms with van der Waals surface area (Å²) in [5, 5.41) is 1.22. The van der Waals surface area contributed by atoms with E-state index in [9.17, 15) is 0 Å². The fourth-order valence-electron chi connectivity index (χ4n) is 3.59. The van der Waals surface area contributed by atoms with Gasteiger partial charge in [-0.15, -0.1) is 11.3 Å². The number of hydrogen-bond acceptors (Lipinski definition) is 4. The minimum atomic E-state index is 0.610. The summed E-state index contributed by atoms with van der Waals surface area (Å²) in [6.45, 7) is 4.22. The van der Waals surface area contributed by atoms with Gasteiger partial charge in [0.25, 0.3) is 0 Å². The predicted octanol–water partition coefficient (Wildman–Crippen LogP) is 4.90. The molecule has 0 bridgehead atoms. The smallest absolute Gasteiger partial charge is 0.126 e. The summed E-state index contributed by atoms with van der Waals surface area (Å²) < 4.78 is 1.26. The molecular weight excluding hydrogens is 278 g/mol. The topological polar surface area (TPSA) is 38.7 Å². The van der Waals surface area contributed by atoms with E-state index < -0.39 is 0 Å². The van der Waals surface area contributed by atoms with Crippen LogP contribution in [0.3, 0.4) is 0 Å². The van der Waals surface area contributed by atoms with Gasteiger partial charge in [-0.2, -0.15) is 0 Å². The molecule has 4 rings (SSSR count). The number of rotatable bonds is 1. The molecule has 21 heavy (non-hydrogen) atoms. The Morgan fingerprint density at radius 1 is 1.10 bits per heavy atom. The molecule has 0 aliphatic heterocycles. The molecule has 0 saturated heterocycles. The van der Waals surface area contributed by atoms with Crippen LogP contribution in [0.4, 0.5) is 0 Å². The molecular formula is C17H19N3S. The number of aromatic nitrogens is 3. The van der Waals surface area contributed by atoms with Crippen LogP contribution in [0.2, 0.25) is 0 Å². The van der Waals surface area contributed by atoms with E-state index in [1.165, 1.54) is 53.4 Å². The number of pyridine rings is 1. The molecule has 0 amide bonds. The van der Waals surface area contributed by atoms with Crippen LogP contribution >= 0.6 is 11.3 Å². The van der Waals surface area contributed by atoms with Crippen molar-refractivity contribution in [3.05, 3.63) is 29.3 Å². The van der Waals surface area contributed by atoms with Crippen molar-refractivity contribution in [3.8, 4) is 0 Å². The number of nitrogens with zero attached hydrogens (tertiary/aromatic N) is 3. The van der Waals surface area contributed by atoms with Gasteiger partial charge in [-0.25, -0.2) is 15.0 Å². The van der Waals surface area contributed by atoms with E-state index in [0.717, 1.165) is 16.0 Å². The largest absolute Gasteiger partial charge is 0.242 e. The van der Waals surface area contributed by atoms with Crippen LogP contribution < -0.4 is 0 Å². The summed E-state index contributed by atoms with van der Waals surface area (Å²) in [7, 11) is 0. The Bertz CT molecular complexity index is 816. The summed E-state index contributed by atoms with van der Waals surface area (Å²) >= 11 is 1.77. The van der Waals surface area contributed by atoms with Gasteiger partial charge in [-0.05, 0) is 38.3 Å². The molecule has 0 atom stereocenters. The third-order valence-electron chi connectivity index (χ3n) is 4.57. The summed E-state index contributed by atoms with van der Waals surface area (Å²) in [4.78, 5) is 15.0. The molecule has 3 nitrogen and oxygen atoms in total. The minimum absolute atomic E-state index is 0.610. The van der Waals surface area contributed by atoms with Crippen LogP contribution in [0.15, 0.2) is 12.4 Å². The quantitative estimate of drug-likeness (QED) is 0.641. The number of aryl methyl sites for hydroxylation is 2. The minimum Gasteiger partial charge on any atom is -0.242 e. The Labute approximate surface area is 128 Å². The average molecular weight is 297 g/mol. The maximum atomic E-state index is 4.71. The van der Waals surface area contributed by atoms with Crippen molar-refractivity contribution in [2.75, 3.05) is 0 Å². The van der Waals surface area contributed by atoms with Crippen LogP contribution in [-0.2, 0) is 0 Å². The average Bonchev–Trinajstić information content (AvgIpc) is 2.86. The van der Waals surface area contributed by atoms with E-state index in [-0.39, 0.29) is 0 Å². The lowest BCUT2D eigenvalue weighted by Gasteiger charge is -2.21. The highest BCUT2D eigenvalue weighted by molar-refractivity contribution is 7.25. The van der Waals surface area contributed by atoms with Gasteiger partial charge < -0.3 is 0 Å². The highest BCUT2D eigenvalue weighted by Crippen LogP contribution is 2.40. The SMILES string of the molecule is Cc1cc(C)c2c(n1)sc1c(C3CCCCC3)ncnc12. The van der Waals surface area contributed by atoms with Gasteiger partial charge in [0, 0.05) is 17.0 Å². The Hall–Kier alpha value is -1.55. The van der Waals surface area contributed by atoms with Crippen molar-refractivity contribution >= 4 is 31.8 Å². The molecule has 3 aromatic rings. The van der Waals surface area contributed by atoms with Gasteiger partial charge in [0.05, 0.1) is 15.9 Å². The van der Waals surface area contributed by atoms with Crippen LogP contribution in [-0.4, -0.2) is 15.0 Å². The number of fused-ring (bicyclic) bond motifs is 3. The zero-order chi connectivity index (χ0) is 14.4. The molecule has 3 heterocycles. The fourth-order valence-corrected chi connectivity index (χ4v) is 4.91. The second-order valence-electron chi connectivity index (χ2n) is 6.13. The van der Waals surface area contributed by atoms with E-state index in [1.54, 1.807) is 17.7 Å². The molecule has 0 radical (unpaired) electrons. The molecule has 108 valence electrons. The van der Waals surface area contributed by atoms with Crippen LogP contribution in [0.5, 0.6) is 0 Å². The van der Waals surface area contributed by atoms with Crippen molar-refractivity contribution in [1.29, 1.82) is 0 Å². The first-order valence-electron chi connectivity index (χ1n) is 7.75. The third-order valence-corrected chi connectivity index (χ3v) is 5.67. The van der Waals surface area contributed by atoms with Gasteiger partial charge in [0.2, 0.25) is 0 Å². The number of hydrogen-bond donors (Lipinski definition) is 0. The molecule has 1 aliphatic carbocycles. The van der Waals surface area contributed by atoms with Gasteiger partial charge in [0.1, 0.15) is 11.2 Å². The Balaban J connectivity index is 1.99. The van der Waals surface area contributed by atoms with Crippen LogP contribution in [0.25, 0.3) is 20.4 Å². The summed E-state index contributed by atoms with van der Waals surface area (Å²) in [6, 6.07) is 2.15. The van der Waals surface area contributed by atoms with E-state index in [1.807, 2.05) is 0 Å². The summed E-state index contributed by atoms with van der Waals surface area (Å²) in [6.07, 6.45) is 8.32. The molecule has 4 heteroatoms. The molecule has 3 aromatic heterocycles. The van der Waals surface area contributed by atoms with Gasteiger partial charge in [-0.1, -0.05) is 19.3 Å². The Morgan fingerprint density at radius 3 is 2.71 bits per heavy atom. The lowest BCUT2D eigenvalue weighted by atomic mass is 9.86. The highest BCUT2D eigenvalue weighted by Gasteiger charge is 2.22. The maximum absolute atomic E-state index is 4.71. The lowest BCUT2D eigenvalue weighted by Crippen LogP contribution is -2.06. The second-order valence-corrected chi connectivity index (χ2v) is 7.13. The first-order valence-corrected chi connectivity index (χ1v) is 8.57. The zero-order valence-electron chi connectivity index (χ0n) is 12.5. The fraction of sp³-hybridized carbons (Fsp3) is 0.471. The van der Waals surface area contributed by atoms with Gasteiger partial charge in [0.15, 0.2) is 0 Å². The number of thiophene rings is 1. The van der Waals surface area contributed by atoms with Crippen LogP contribution in [0, 0.1) is 13.8 Å². The van der Waals surface area contributed by atoms with E-state index in [0.29, 0.717) is 5.92 Å². The molecule has 0 unspecified atom stereocenters. The van der Waals surface area contributed by atoms with Crippen molar-refractivity contribution in [2.24, 2.45) is 0 Å². The molecule has 0 spiro atoms. The van der Waals surface area contributed by atoms with E-state index in [4.69, 9.17) is 4.98 Å². The normalized spacial score (nSPS) is 16.9. The molecule has 1 aliphatic rings. The standard InChI is InChI=1S/C17H19N3S/c1-10-8-11(2)20-17-13(10)15-16(21-17)14(18-9-19-15)12-6-4-3-5-7-12/h8-9,12H,3-7H2,1-2H3. The lowest BCUT2D eigenvalue weighted by molar-refractivity contribution is 0.439. The molecule has 0 aromatic carbocycles. The Kier molecular flexibility index (Phi) is 3.14. The first kappa shape index (κ1) is 13.1. The first-order chi connectivity index (χ1) is 10.2. The zero-order valence-corrected chi connectivity index (χ0v) is 13.3. The van der Waals surface area contributed by atoms with Crippen molar-refractivity contribution < 1.29 is 0 Å². The van der Waals surface area contributed by atoms with Crippen LogP contribution in [0.1, 0.15) is 55.0 Å². The van der Waals surface area contributed by atoms with Crippen molar-refractivity contribution in [1.82, 2.24) is 15.0 Å². The summed E-state index contributed by atoms with van der Waals surface area (Å²) in [5.74, 6) is 0.610. The van der Waals surface area contributed by atoms with E-state index in [2.05, 4.69) is 29.9 Å².